The van der Waals surface area contributed by atoms with E-state index in [1.807, 2.05) is 38.1 Å². The van der Waals surface area contributed by atoms with E-state index in [2.05, 4.69) is 10.6 Å². The van der Waals surface area contributed by atoms with Crippen molar-refractivity contribution in [1.82, 2.24) is 0 Å². The predicted molar refractivity (Wildman–Crippen MR) is 143 cm³/mol. The SMILES string of the molecule is CCOc1cc(/C=C(/C#N)C(=O)Nc2cccc([N+](=O)[O-])c2)ccc1OCC(=O)Nc1ccc(C)c(C)c1. The Bertz CT molecular complexity index is 1440. The highest BCUT2D eigenvalue weighted by Crippen LogP contribution is 2.30. The molecule has 194 valence electrons. The third kappa shape index (κ3) is 7.41. The number of nitro groups is 1. The van der Waals surface area contributed by atoms with E-state index < -0.39 is 10.8 Å². The fourth-order valence-corrected chi connectivity index (χ4v) is 3.37. The van der Waals surface area contributed by atoms with Crippen LogP contribution in [0.1, 0.15) is 23.6 Å². The highest BCUT2D eigenvalue weighted by Gasteiger charge is 2.14. The average molecular weight is 515 g/mol. The summed E-state index contributed by atoms with van der Waals surface area (Å²) in [5.74, 6) is -0.422. The zero-order valence-corrected chi connectivity index (χ0v) is 21.1. The first-order valence-electron chi connectivity index (χ1n) is 11.6. The first-order chi connectivity index (χ1) is 18.2. The summed E-state index contributed by atoms with van der Waals surface area (Å²) in [6, 6.07) is 17.6. The molecule has 0 saturated carbocycles. The largest absolute Gasteiger partial charge is 0.490 e. The summed E-state index contributed by atoms with van der Waals surface area (Å²) in [5.41, 5.74) is 3.09. The summed E-state index contributed by atoms with van der Waals surface area (Å²) in [5, 5.41) is 25.7. The maximum atomic E-state index is 12.6. The van der Waals surface area contributed by atoms with Gasteiger partial charge in [-0.25, -0.2) is 0 Å². The second-order valence-electron chi connectivity index (χ2n) is 8.21. The molecule has 0 saturated heterocycles. The molecule has 0 unspecified atom stereocenters. The standard InChI is InChI=1S/C28H26N4O6/c1-4-37-26-14-20(13-21(16-29)28(34)31-22-6-5-7-24(15-22)32(35)36)9-11-25(26)38-17-27(33)30-23-10-8-18(2)19(3)12-23/h5-15H,4,17H2,1-3H3,(H,30,33)(H,31,34)/b21-13-. The lowest BCUT2D eigenvalue weighted by molar-refractivity contribution is -0.384. The Morgan fingerprint density at radius 3 is 2.42 bits per heavy atom. The van der Waals surface area contributed by atoms with Crippen molar-refractivity contribution >= 4 is 35.0 Å². The molecule has 0 aliphatic heterocycles. The molecule has 3 rings (SSSR count). The summed E-state index contributed by atoms with van der Waals surface area (Å²) >= 11 is 0. The van der Waals surface area contributed by atoms with Gasteiger partial charge in [0.2, 0.25) is 0 Å². The van der Waals surface area contributed by atoms with Crippen LogP contribution in [0.3, 0.4) is 0 Å². The van der Waals surface area contributed by atoms with Crippen LogP contribution in [0.15, 0.2) is 66.2 Å². The van der Waals surface area contributed by atoms with Crippen LogP contribution in [-0.2, 0) is 9.59 Å². The van der Waals surface area contributed by atoms with Gasteiger partial charge in [-0.3, -0.25) is 19.7 Å². The zero-order valence-electron chi connectivity index (χ0n) is 21.1. The number of carbonyl (C=O) groups is 2. The van der Waals surface area contributed by atoms with Crippen molar-refractivity contribution in [2.75, 3.05) is 23.8 Å². The van der Waals surface area contributed by atoms with Gasteiger partial charge in [0, 0.05) is 23.5 Å². The second kappa shape index (κ2) is 12.7. The number of aryl methyl sites for hydroxylation is 2. The van der Waals surface area contributed by atoms with E-state index in [0.717, 1.165) is 11.1 Å². The first-order valence-corrected chi connectivity index (χ1v) is 11.6. The molecule has 0 aromatic heterocycles. The number of ether oxygens (including phenoxy) is 2. The summed E-state index contributed by atoms with van der Waals surface area (Å²) in [7, 11) is 0. The van der Waals surface area contributed by atoms with Crippen molar-refractivity contribution in [1.29, 1.82) is 5.26 Å². The number of nitrogens with zero attached hydrogens (tertiary/aromatic N) is 2. The maximum absolute atomic E-state index is 12.6. The topological polar surface area (TPSA) is 144 Å². The quantitative estimate of drug-likeness (QED) is 0.164. The van der Waals surface area contributed by atoms with Crippen LogP contribution in [0.4, 0.5) is 17.1 Å². The second-order valence-corrected chi connectivity index (χ2v) is 8.21. The Kier molecular flexibility index (Phi) is 9.16. The van der Waals surface area contributed by atoms with Gasteiger partial charge in [0.1, 0.15) is 11.6 Å². The molecule has 0 bridgehead atoms. The van der Waals surface area contributed by atoms with E-state index in [4.69, 9.17) is 9.47 Å². The van der Waals surface area contributed by atoms with Gasteiger partial charge in [0.25, 0.3) is 17.5 Å². The number of hydrogen-bond acceptors (Lipinski definition) is 7. The summed E-state index contributed by atoms with van der Waals surface area (Å²) in [6.45, 7) is 5.79. The lowest BCUT2D eigenvalue weighted by Gasteiger charge is -2.13. The molecule has 2 N–H and O–H groups in total. The van der Waals surface area contributed by atoms with E-state index in [1.54, 1.807) is 25.1 Å². The van der Waals surface area contributed by atoms with Gasteiger partial charge in [0.05, 0.1) is 11.5 Å². The van der Waals surface area contributed by atoms with Crippen LogP contribution in [0.5, 0.6) is 11.5 Å². The van der Waals surface area contributed by atoms with E-state index in [1.165, 1.54) is 30.3 Å². The van der Waals surface area contributed by atoms with Crippen molar-refractivity contribution in [2.45, 2.75) is 20.8 Å². The van der Waals surface area contributed by atoms with E-state index in [9.17, 15) is 25.0 Å². The summed E-state index contributed by atoms with van der Waals surface area (Å²) in [4.78, 5) is 35.4. The van der Waals surface area contributed by atoms with Crippen molar-refractivity contribution in [3.05, 3.63) is 93.0 Å². The Morgan fingerprint density at radius 2 is 1.74 bits per heavy atom. The van der Waals surface area contributed by atoms with Crippen LogP contribution >= 0.6 is 0 Å². The molecule has 0 aliphatic rings. The predicted octanol–water partition coefficient (Wildman–Crippen LogP) is 5.17. The van der Waals surface area contributed by atoms with Crippen LogP contribution in [0.2, 0.25) is 0 Å². The minimum Gasteiger partial charge on any atom is -0.490 e. The fourth-order valence-electron chi connectivity index (χ4n) is 3.37. The molecule has 0 atom stereocenters. The lowest BCUT2D eigenvalue weighted by atomic mass is 10.1. The summed E-state index contributed by atoms with van der Waals surface area (Å²) < 4.78 is 11.3. The van der Waals surface area contributed by atoms with E-state index >= 15 is 0 Å². The molecule has 3 aromatic carbocycles. The summed E-state index contributed by atoms with van der Waals surface area (Å²) in [6.07, 6.45) is 1.35. The van der Waals surface area contributed by atoms with Crippen molar-refractivity contribution in [3.8, 4) is 17.6 Å². The minimum absolute atomic E-state index is 0.183. The molecule has 10 nitrogen and oxygen atoms in total. The number of hydrogen-bond donors (Lipinski definition) is 2. The van der Waals surface area contributed by atoms with Gasteiger partial charge >= 0.3 is 0 Å². The number of carbonyl (C=O) groups excluding carboxylic acids is 2. The Labute approximate surface area is 219 Å². The molecular formula is C28H26N4O6. The number of non-ortho nitro benzene ring substituents is 1. The molecule has 3 aromatic rings. The van der Waals surface area contributed by atoms with Gasteiger partial charge < -0.3 is 20.1 Å². The molecule has 0 aliphatic carbocycles. The van der Waals surface area contributed by atoms with Crippen molar-refractivity contribution in [2.24, 2.45) is 0 Å². The van der Waals surface area contributed by atoms with Gasteiger partial charge in [-0.15, -0.1) is 0 Å². The van der Waals surface area contributed by atoms with Gasteiger partial charge in [-0.1, -0.05) is 18.2 Å². The highest BCUT2D eigenvalue weighted by molar-refractivity contribution is 6.09. The molecule has 0 heterocycles. The van der Waals surface area contributed by atoms with Crippen LogP contribution in [0.25, 0.3) is 6.08 Å². The molecular weight excluding hydrogens is 488 g/mol. The smallest absolute Gasteiger partial charge is 0.271 e. The molecule has 10 heteroatoms. The van der Waals surface area contributed by atoms with Crippen molar-refractivity contribution in [3.63, 3.8) is 0 Å². The third-order valence-corrected chi connectivity index (χ3v) is 5.41. The fraction of sp³-hybridized carbons (Fsp3) is 0.179. The number of nitriles is 1. The molecule has 0 fully saturated rings. The van der Waals surface area contributed by atoms with Gasteiger partial charge in [0.15, 0.2) is 18.1 Å². The Balaban J connectivity index is 1.71. The minimum atomic E-state index is -0.728. The van der Waals surface area contributed by atoms with E-state index in [0.29, 0.717) is 29.4 Å². The van der Waals surface area contributed by atoms with Crippen LogP contribution in [0, 0.1) is 35.3 Å². The molecule has 0 radical (unpaired) electrons. The van der Waals surface area contributed by atoms with Crippen LogP contribution < -0.4 is 20.1 Å². The van der Waals surface area contributed by atoms with Gasteiger partial charge in [-0.2, -0.15) is 5.26 Å². The highest BCUT2D eigenvalue weighted by atomic mass is 16.6. The molecule has 2 amide bonds. The first kappa shape index (κ1) is 27.4. The number of anilines is 2. The molecule has 38 heavy (non-hydrogen) atoms. The van der Waals surface area contributed by atoms with Crippen molar-refractivity contribution < 1.29 is 24.0 Å². The Hall–Kier alpha value is -5.17. The molecule has 0 spiro atoms. The van der Waals surface area contributed by atoms with Gasteiger partial charge in [-0.05, 0) is 73.9 Å². The number of amides is 2. The normalized spacial score (nSPS) is 10.7. The Morgan fingerprint density at radius 1 is 0.974 bits per heavy atom. The number of nitro benzene ring substituents is 1. The maximum Gasteiger partial charge on any atom is 0.271 e. The number of nitrogens with one attached hydrogen (secondary N) is 2. The lowest BCUT2D eigenvalue weighted by Crippen LogP contribution is -2.20. The van der Waals surface area contributed by atoms with Crippen LogP contribution in [-0.4, -0.2) is 30.0 Å². The average Bonchev–Trinajstić information content (AvgIpc) is 2.89. The number of rotatable bonds is 10. The number of benzene rings is 3. The zero-order chi connectivity index (χ0) is 27.7. The monoisotopic (exact) mass is 514 g/mol. The van der Waals surface area contributed by atoms with E-state index in [-0.39, 0.29) is 29.5 Å². The third-order valence-electron chi connectivity index (χ3n) is 5.41.